The van der Waals surface area contributed by atoms with Gasteiger partial charge in [-0.15, -0.1) is 0 Å². The molecule has 0 aromatic carbocycles. The van der Waals surface area contributed by atoms with E-state index in [1.54, 1.807) is 0 Å². The summed E-state index contributed by atoms with van der Waals surface area (Å²) in [6.45, 7) is 5.47. The quantitative estimate of drug-likeness (QED) is 0.734. The molecule has 0 aromatic heterocycles. The van der Waals surface area contributed by atoms with Crippen LogP contribution in [0.1, 0.15) is 52.4 Å². The summed E-state index contributed by atoms with van der Waals surface area (Å²) in [7, 11) is 0. The van der Waals surface area contributed by atoms with Crippen molar-refractivity contribution in [2.75, 3.05) is 12.8 Å². The molecule has 1 rings (SSSR count). The van der Waals surface area contributed by atoms with Crippen LogP contribution in [0.2, 0.25) is 0 Å². The molecule has 1 aliphatic rings. The van der Waals surface area contributed by atoms with Crippen LogP contribution in [0.3, 0.4) is 0 Å². The molecule has 0 spiro atoms. The second-order valence-electron chi connectivity index (χ2n) is 4.94. The minimum Gasteiger partial charge on any atom is -0.329 e. The maximum atomic E-state index is 5.87. The molecule has 0 amide bonds. The van der Waals surface area contributed by atoms with Gasteiger partial charge in [0.1, 0.15) is 0 Å². The van der Waals surface area contributed by atoms with Crippen molar-refractivity contribution in [3.8, 4) is 0 Å². The van der Waals surface area contributed by atoms with E-state index in [1.807, 2.05) is 11.8 Å². The zero-order valence-electron chi connectivity index (χ0n) is 9.94. The molecule has 14 heavy (non-hydrogen) atoms. The molecule has 0 heterocycles. The van der Waals surface area contributed by atoms with Gasteiger partial charge in [0.25, 0.3) is 0 Å². The zero-order valence-corrected chi connectivity index (χ0v) is 10.8. The Hall–Kier alpha value is 0.310. The van der Waals surface area contributed by atoms with Gasteiger partial charge in [0.05, 0.1) is 0 Å². The van der Waals surface area contributed by atoms with Crippen LogP contribution < -0.4 is 5.73 Å². The number of rotatable bonds is 6. The highest BCUT2D eigenvalue weighted by Gasteiger charge is 2.51. The molecule has 0 aromatic rings. The lowest BCUT2D eigenvalue weighted by atomic mass is 9.57. The molecule has 2 N–H and O–H groups in total. The molecule has 0 bridgehead atoms. The highest BCUT2D eigenvalue weighted by Crippen LogP contribution is 2.59. The van der Waals surface area contributed by atoms with Crippen LogP contribution in [0.25, 0.3) is 0 Å². The molecule has 0 saturated heterocycles. The highest BCUT2D eigenvalue weighted by atomic mass is 32.2. The molecule has 1 aliphatic carbocycles. The van der Waals surface area contributed by atoms with Crippen LogP contribution in [0, 0.1) is 5.41 Å². The van der Waals surface area contributed by atoms with Gasteiger partial charge >= 0.3 is 0 Å². The van der Waals surface area contributed by atoms with E-state index in [-0.39, 0.29) is 0 Å². The van der Waals surface area contributed by atoms with Gasteiger partial charge in [-0.3, -0.25) is 0 Å². The Labute approximate surface area is 93.2 Å². The summed E-state index contributed by atoms with van der Waals surface area (Å²) >= 11 is 1.99. The van der Waals surface area contributed by atoms with Crippen LogP contribution in [-0.2, 0) is 0 Å². The first-order chi connectivity index (χ1) is 6.66. The molecule has 0 atom stereocenters. The van der Waals surface area contributed by atoms with Gasteiger partial charge in [-0.05, 0) is 37.4 Å². The van der Waals surface area contributed by atoms with Gasteiger partial charge in [-0.2, -0.15) is 11.8 Å². The summed E-state index contributed by atoms with van der Waals surface area (Å²) in [5.41, 5.74) is 6.53. The number of hydrogen-bond donors (Lipinski definition) is 1. The molecule has 2 heteroatoms. The van der Waals surface area contributed by atoms with E-state index < -0.39 is 0 Å². The number of thioether (sulfide) groups is 1. The molecule has 0 unspecified atom stereocenters. The summed E-state index contributed by atoms with van der Waals surface area (Å²) in [5, 5.41) is 0. The predicted octanol–water partition coefficient (Wildman–Crippen LogP) is 3.43. The van der Waals surface area contributed by atoms with Gasteiger partial charge < -0.3 is 5.73 Å². The first-order valence-corrected chi connectivity index (χ1v) is 7.13. The molecule has 0 radical (unpaired) electrons. The van der Waals surface area contributed by atoms with E-state index in [4.69, 9.17) is 5.73 Å². The Morgan fingerprint density at radius 2 is 1.64 bits per heavy atom. The number of nitrogens with two attached hydrogens (primary N) is 1. The Balaban J connectivity index is 2.52. The van der Waals surface area contributed by atoms with Gasteiger partial charge in [-0.25, -0.2) is 0 Å². The van der Waals surface area contributed by atoms with Crippen LogP contribution in [-0.4, -0.2) is 17.5 Å². The fraction of sp³-hybridized carbons (Fsp3) is 1.00. The molecule has 84 valence electrons. The summed E-state index contributed by atoms with van der Waals surface area (Å²) < 4.78 is 0.435. The lowest BCUT2D eigenvalue weighted by Crippen LogP contribution is -2.53. The van der Waals surface area contributed by atoms with Gasteiger partial charge in [-0.1, -0.05) is 26.7 Å². The van der Waals surface area contributed by atoms with E-state index >= 15 is 0 Å². The van der Waals surface area contributed by atoms with E-state index in [0.717, 1.165) is 6.54 Å². The van der Waals surface area contributed by atoms with Crippen LogP contribution >= 0.6 is 11.8 Å². The number of hydrogen-bond acceptors (Lipinski definition) is 2. The van der Waals surface area contributed by atoms with Crippen molar-refractivity contribution in [2.45, 2.75) is 57.1 Å². The Morgan fingerprint density at radius 1 is 1.14 bits per heavy atom. The minimum absolute atomic E-state index is 0.435. The summed E-state index contributed by atoms with van der Waals surface area (Å²) in [6, 6.07) is 0. The maximum absolute atomic E-state index is 5.87. The summed E-state index contributed by atoms with van der Waals surface area (Å²) in [4.78, 5) is 0. The predicted molar refractivity (Wildman–Crippen MR) is 66.8 cm³/mol. The molecule has 1 nitrogen and oxygen atoms in total. The maximum Gasteiger partial charge on any atom is 0.0290 e. The Kier molecular flexibility index (Phi) is 4.32. The third kappa shape index (κ3) is 2.27. The van der Waals surface area contributed by atoms with Crippen molar-refractivity contribution in [3.05, 3.63) is 0 Å². The summed E-state index contributed by atoms with van der Waals surface area (Å²) in [5.74, 6) is 0. The fourth-order valence-corrected chi connectivity index (χ4v) is 4.29. The average Bonchev–Trinajstić information content (AvgIpc) is 2.13. The Morgan fingerprint density at radius 3 is 1.93 bits per heavy atom. The van der Waals surface area contributed by atoms with E-state index in [0.29, 0.717) is 10.2 Å². The van der Waals surface area contributed by atoms with Crippen LogP contribution in [0.4, 0.5) is 0 Å². The zero-order chi connectivity index (χ0) is 10.7. The van der Waals surface area contributed by atoms with Crippen molar-refractivity contribution in [1.82, 2.24) is 0 Å². The average molecular weight is 215 g/mol. The third-order valence-electron chi connectivity index (χ3n) is 3.76. The fourth-order valence-electron chi connectivity index (χ4n) is 3.23. The smallest absolute Gasteiger partial charge is 0.0290 e. The van der Waals surface area contributed by atoms with Crippen molar-refractivity contribution < 1.29 is 0 Å². The first-order valence-electron chi connectivity index (χ1n) is 5.91. The minimum atomic E-state index is 0.435. The topological polar surface area (TPSA) is 26.0 Å². The molecule has 0 aliphatic heterocycles. The van der Waals surface area contributed by atoms with Gasteiger partial charge in [0, 0.05) is 11.3 Å². The molecule has 1 fully saturated rings. The van der Waals surface area contributed by atoms with Crippen molar-refractivity contribution in [2.24, 2.45) is 11.1 Å². The normalized spacial score (nSPS) is 23.1. The van der Waals surface area contributed by atoms with Crippen molar-refractivity contribution in [3.63, 3.8) is 0 Å². The monoisotopic (exact) mass is 215 g/mol. The largest absolute Gasteiger partial charge is 0.329 e. The lowest BCUT2D eigenvalue weighted by Gasteiger charge is -2.56. The lowest BCUT2D eigenvalue weighted by molar-refractivity contribution is 0.0616. The van der Waals surface area contributed by atoms with Gasteiger partial charge in [0.15, 0.2) is 0 Å². The van der Waals surface area contributed by atoms with E-state index in [2.05, 4.69) is 20.1 Å². The van der Waals surface area contributed by atoms with E-state index in [9.17, 15) is 0 Å². The Bertz CT molecular complexity index is 159. The SMILES string of the molecule is CCCC1(CCC)CC(CN)(SC)C1. The third-order valence-corrected chi connectivity index (χ3v) is 5.08. The molecule has 1 saturated carbocycles. The van der Waals surface area contributed by atoms with Gasteiger partial charge in [0.2, 0.25) is 0 Å². The van der Waals surface area contributed by atoms with Crippen LogP contribution in [0.5, 0.6) is 0 Å². The molecular formula is C12H25NS. The summed E-state index contributed by atoms with van der Waals surface area (Å²) in [6.07, 6.45) is 10.4. The standard InChI is InChI=1S/C12H25NS/c1-4-6-11(7-5-2)8-12(9-11,10-13)14-3/h4-10,13H2,1-3H3. The second-order valence-corrected chi connectivity index (χ2v) is 6.22. The second kappa shape index (κ2) is 4.89. The van der Waals surface area contributed by atoms with E-state index in [1.165, 1.54) is 38.5 Å². The highest BCUT2D eigenvalue weighted by molar-refractivity contribution is 8.00. The van der Waals surface area contributed by atoms with Crippen molar-refractivity contribution >= 4 is 11.8 Å². The van der Waals surface area contributed by atoms with Crippen LogP contribution in [0.15, 0.2) is 0 Å². The molecular weight excluding hydrogens is 190 g/mol. The first kappa shape index (κ1) is 12.4. The van der Waals surface area contributed by atoms with Crippen molar-refractivity contribution in [1.29, 1.82) is 0 Å².